The molecule has 0 bridgehead atoms. The normalized spacial score (nSPS) is 19.8. The van der Waals surface area contributed by atoms with Gasteiger partial charge in [0.2, 0.25) is 0 Å². The zero-order chi connectivity index (χ0) is 15.4. The third-order valence-corrected chi connectivity index (χ3v) is 3.99. The molecule has 1 amide bonds. The van der Waals surface area contributed by atoms with E-state index in [4.69, 9.17) is 4.74 Å². The molecule has 0 aliphatic carbocycles. The minimum absolute atomic E-state index is 0.0575. The van der Waals surface area contributed by atoms with Gasteiger partial charge in [-0.2, -0.15) is 0 Å². The van der Waals surface area contributed by atoms with E-state index in [-0.39, 0.29) is 12.0 Å². The van der Waals surface area contributed by atoms with E-state index in [0.717, 1.165) is 25.3 Å². The van der Waals surface area contributed by atoms with E-state index in [1.807, 2.05) is 31.3 Å². The molecule has 1 unspecified atom stereocenters. The van der Waals surface area contributed by atoms with Crippen LogP contribution in [0.1, 0.15) is 35.7 Å². The number of nitrogens with zero attached hydrogens (tertiary/aromatic N) is 2. The van der Waals surface area contributed by atoms with Crippen molar-refractivity contribution in [2.75, 3.05) is 40.3 Å². The largest absolute Gasteiger partial charge is 0.374 e. The van der Waals surface area contributed by atoms with Crippen LogP contribution in [0.25, 0.3) is 0 Å². The van der Waals surface area contributed by atoms with Gasteiger partial charge in [-0.25, -0.2) is 0 Å². The molecular formula is C17H26N2O2. The van der Waals surface area contributed by atoms with Gasteiger partial charge in [0.25, 0.3) is 5.91 Å². The number of rotatable bonds is 4. The lowest BCUT2D eigenvalue weighted by molar-refractivity contribution is -0.0301. The number of hydrogen-bond donors (Lipinski definition) is 0. The summed E-state index contributed by atoms with van der Waals surface area (Å²) in [6, 6.07) is 7.91. The fourth-order valence-corrected chi connectivity index (χ4v) is 2.60. The van der Waals surface area contributed by atoms with Gasteiger partial charge in [0.15, 0.2) is 0 Å². The highest BCUT2D eigenvalue weighted by atomic mass is 16.5. The Balaban J connectivity index is 1.95. The third-order valence-electron chi connectivity index (χ3n) is 3.99. The van der Waals surface area contributed by atoms with Gasteiger partial charge in [0.1, 0.15) is 0 Å². The van der Waals surface area contributed by atoms with E-state index >= 15 is 0 Å². The fourth-order valence-electron chi connectivity index (χ4n) is 2.60. The van der Waals surface area contributed by atoms with Crippen molar-refractivity contribution in [3.8, 4) is 0 Å². The van der Waals surface area contributed by atoms with E-state index in [1.165, 1.54) is 5.56 Å². The number of benzene rings is 1. The molecule has 1 aliphatic rings. The molecule has 1 fully saturated rings. The highest BCUT2D eigenvalue weighted by Crippen LogP contribution is 2.16. The summed E-state index contributed by atoms with van der Waals surface area (Å²) in [5, 5.41) is 0. The zero-order valence-electron chi connectivity index (χ0n) is 13.5. The smallest absolute Gasteiger partial charge is 0.253 e. The molecule has 4 heteroatoms. The maximum absolute atomic E-state index is 12.4. The predicted molar refractivity (Wildman–Crippen MR) is 84.7 cm³/mol. The molecular weight excluding hydrogens is 264 g/mol. The van der Waals surface area contributed by atoms with Gasteiger partial charge in [-0.3, -0.25) is 4.79 Å². The van der Waals surface area contributed by atoms with Crippen LogP contribution in [-0.4, -0.2) is 62.1 Å². The Morgan fingerprint density at radius 2 is 2.05 bits per heavy atom. The molecule has 1 atom stereocenters. The summed E-state index contributed by atoms with van der Waals surface area (Å²) in [5.74, 6) is 0.542. The molecule has 1 saturated heterocycles. The van der Waals surface area contributed by atoms with Gasteiger partial charge in [0, 0.05) is 32.2 Å². The van der Waals surface area contributed by atoms with E-state index in [1.54, 1.807) is 4.90 Å². The molecule has 1 aromatic carbocycles. The fraction of sp³-hybridized carbons (Fsp3) is 0.588. The van der Waals surface area contributed by atoms with Crippen molar-refractivity contribution in [1.29, 1.82) is 0 Å². The Bertz CT molecular complexity index is 470. The summed E-state index contributed by atoms with van der Waals surface area (Å²) in [4.78, 5) is 16.4. The number of carbonyl (C=O) groups is 1. The highest BCUT2D eigenvalue weighted by molar-refractivity contribution is 5.94. The van der Waals surface area contributed by atoms with E-state index in [9.17, 15) is 4.79 Å². The van der Waals surface area contributed by atoms with Crippen molar-refractivity contribution >= 4 is 5.91 Å². The average molecular weight is 290 g/mol. The van der Waals surface area contributed by atoms with Crippen molar-refractivity contribution in [1.82, 2.24) is 9.80 Å². The lowest BCUT2D eigenvalue weighted by Crippen LogP contribution is -2.46. The van der Waals surface area contributed by atoms with Crippen LogP contribution < -0.4 is 0 Å². The molecule has 2 rings (SSSR count). The molecule has 116 valence electrons. The first kappa shape index (κ1) is 16.0. The van der Waals surface area contributed by atoms with Gasteiger partial charge in [0.05, 0.1) is 12.7 Å². The zero-order valence-corrected chi connectivity index (χ0v) is 13.5. The number of hydrogen-bond acceptors (Lipinski definition) is 3. The lowest BCUT2D eigenvalue weighted by atomic mass is 10.0. The van der Waals surface area contributed by atoms with E-state index in [2.05, 4.69) is 25.8 Å². The molecule has 0 radical (unpaired) electrons. The van der Waals surface area contributed by atoms with Crippen molar-refractivity contribution in [3.63, 3.8) is 0 Å². The maximum atomic E-state index is 12.4. The van der Waals surface area contributed by atoms with Crippen LogP contribution in [0, 0.1) is 0 Å². The van der Waals surface area contributed by atoms with Gasteiger partial charge < -0.3 is 14.5 Å². The Morgan fingerprint density at radius 1 is 1.38 bits per heavy atom. The second-order valence-corrected chi connectivity index (χ2v) is 6.22. The summed E-state index contributed by atoms with van der Waals surface area (Å²) in [7, 11) is 3.93. The summed E-state index contributed by atoms with van der Waals surface area (Å²) in [6.07, 6.45) is 0.104. The molecule has 0 N–H and O–H groups in total. The third kappa shape index (κ3) is 4.29. The number of carbonyl (C=O) groups excluding carboxylic acids is 1. The molecule has 0 aromatic heterocycles. The van der Waals surface area contributed by atoms with Crippen LogP contribution in [0.2, 0.25) is 0 Å². The minimum Gasteiger partial charge on any atom is -0.374 e. The van der Waals surface area contributed by atoms with Crippen LogP contribution >= 0.6 is 0 Å². The van der Waals surface area contributed by atoms with Crippen molar-refractivity contribution in [2.24, 2.45) is 0 Å². The average Bonchev–Trinajstić information content (AvgIpc) is 2.46. The molecule has 21 heavy (non-hydrogen) atoms. The van der Waals surface area contributed by atoms with Crippen molar-refractivity contribution < 1.29 is 9.53 Å². The summed E-state index contributed by atoms with van der Waals surface area (Å²) in [6.45, 7) is 7.52. The van der Waals surface area contributed by atoms with Crippen LogP contribution in [0.15, 0.2) is 24.3 Å². The minimum atomic E-state index is 0.0575. The number of amides is 1. The molecule has 0 spiro atoms. The van der Waals surface area contributed by atoms with Crippen LogP contribution in [0.3, 0.4) is 0 Å². The van der Waals surface area contributed by atoms with Crippen molar-refractivity contribution in [2.45, 2.75) is 25.9 Å². The molecule has 1 heterocycles. The van der Waals surface area contributed by atoms with Crippen LogP contribution in [0.5, 0.6) is 0 Å². The number of ether oxygens (including phenoxy) is 1. The maximum Gasteiger partial charge on any atom is 0.253 e. The van der Waals surface area contributed by atoms with E-state index in [0.29, 0.717) is 12.5 Å². The predicted octanol–water partition coefficient (Wildman–Crippen LogP) is 2.21. The summed E-state index contributed by atoms with van der Waals surface area (Å²) < 4.78 is 5.72. The quantitative estimate of drug-likeness (QED) is 0.852. The first-order chi connectivity index (χ1) is 9.97. The van der Waals surface area contributed by atoms with Gasteiger partial charge in [-0.05, 0) is 30.7 Å². The molecule has 4 nitrogen and oxygen atoms in total. The Hall–Kier alpha value is -1.39. The number of likely N-dealkylation sites (N-methyl/N-ethyl adjacent to an activating group) is 2. The summed E-state index contributed by atoms with van der Waals surface area (Å²) in [5.41, 5.74) is 2.00. The van der Waals surface area contributed by atoms with Gasteiger partial charge in [-0.1, -0.05) is 26.0 Å². The standard InChI is InChI=1S/C17H26N2O2/c1-13(2)14-5-7-15(8-6-14)17(20)19(4)12-16-11-18(3)9-10-21-16/h5-8,13,16H,9-12H2,1-4H3. The van der Waals surface area contributed by atoms with Crippen molar-refractivity contribution in [3.05, 3.63) is 35.4 Å². The lowest BCUT2D eigenvalue weighted by Gasteiger charge is -2.32. The first-order valence-corrected chi connectivity index (χ1v) is 7.63. The highest BCUT2D eigenvalue weighted by Gasteiger charge is 2.22. The Morgan fingerprint density at radius 3 is 2.62 bits per heavy atom. The SMILES string of the molecule is CC(C)c1ccc(C(=O)N(C)CC2CN(C)CCO2)cc1. The molecule has 1 aliphatic heterocycles. The molecule has 1 aromatic rings. The Labute approximate surface area is 127 Å². The molecule has 0 saturated carbocycles. The Kier molecular flexibility index (Phi) is 5.37. The van der Waals surface area contributed by atoms with Crippen LogP contribution in [0.4, 0.5) is 0 Å². The second-order valence-electron chi connectivity index (χ2n) is 6.22. The topological polar surface area (TPSA) is 32.8 Å². The van der Waals surface area contributed by atoms with Gasteiger partial charge in [-0.15, -0.1) is 0 Å². The number of morpholine rings is 1. The second kappa shape index (κ2) is 7.05. The first-order valence-electron chi connectivity index (χ1n) is 7.63. The van der Waals surface area contributed by atoms with E-state index < -0.39 is 0 Å². The summed E-state index contributed by atoms with van der Waals surface area (Å²) >= 11 is 0. The van der Waals surface area contributed by atoms with Crippen LogP contribution in [-0.2, 0) is 4.74 Å². The van der Waals surface area contributed by atoms with Gasteiger partial charge >= 0.3 is 0 Å². The monoisotopic (exact) mass is 290 g/mol.